The molecule has 1 aromatic carbocycles. The number of amides is 1. The van der Waals surface area contributed by atoms with Crippen LogP contribution in [0.2, 0.25) is 0 Å². The summed E-state index contributed by atoms with van der Waals surface area (Å²) in [5, 5.41) is 4.38. The highest BCUT2D eigenvalue weighted by atomic mass is 32.2. The van der Waals surface area contributed by atoms with E-state index in [-0.39, 0.29) is 23.1 Å². The lowest BCUT2D eigenvalue weighted by molar-refractivity contribution is -0.118. The van der Waals surface area contributed by atoms with E-state index in [2.05, 4.69) is 24.4 Å². The van der Waals surface area contributed by atoms with Gasteiger partial charge in [0.1, 0.15) is 4.83 Å². The van der Waals surface area contributed by atoms with Crippen LogP contribution in [-0.2, 0) is 24.7 Å². The van der Waals surface area contributed by atoms with Gasteiger partial charge >= 0.3 is 0 Å². The van der Waals surface area contributed by atoms with E-state index in [1.807, 2.05) is 18.2 Å². The van der Waals surface area contributed by atoms with Crippen molar-refractivity contribution in [2.24, 2.45) is 7.05 Å². The highest BCUT2D eigenvalue weighted by molar-refractivity contribution is 7.99. The van der Waals surface area contributed by atoms with Crippen molar-refractivity contribution in [1.82, 2.24) is 14.9 Å². The molecule has 0 spiro atoms. The molecule has 0 bridgehead atoms. The zero-order chi connectivity index (χ0) is 20.4. The van der Waals surface area contributed by atoms with Crippen molar-refractivity contribution < 1.29 is 4.79 Å². The van der Waals surface area contributed by atoms with Crippen molar-refractivity contribution in [3.63, 3.8) is 0 Å². The van der Waals surface area contributed by atoms with E-state index in [1.165, 1.54) is 34.2 Å². The van der Waals surface area contributed by atoms with Crippen LogP contribution >= 0.6 is 23.1 Å². The zero-order valence-electron chi connectivity index (χ0n) is 16.7. The predicted octanol–water partition coefficient (Wildman–Crippen LogP) is 3.89. The first kappa shape index (κ1) is 20.2. The molecule has 4 rings (SSSR count). The molecule has 3 aromatic rings. The van der Waals surface area contributed by atoms with Gasteiger partial charge in [0.25, 0.3) is 5.56 Å². The highest BCUT2D eigenvalue weighted by Crippen LogP contribution is 2.34. The van der Waals surface area contributed by atoms with Crippen LogP contribution in [0.4, 0.5) is 0 Å². The number of hydrogen-bond acceptors (Lipinski definition) is 5. The molecular formula is C22H25N3O2S2. The van der Waals surface area contributed by atoms with E-state index in [1.54, 1.807) is 23.0 Å². The molecule has 1 aliphatic rings. The summed E-state index contributed by atoms with van der Waals surface area (Å²) in [7, 11) is 1.75. The summed E-state index contributed by atoms with van der Waals surface area (Å²) in [5.74, 6) is 0.456. The average Bonchev–Trinajstić information content (AvgIpc) is 3.12. The Morgan fingerprint density at radius 2 is 2.03 bits per heavy atom. The number of thiophene rings is 1. The third kappa shape index (κ3) is 4.26. The molecule has 1 N–H and O–H groups in total. The molecule has 152 valence electrons. The van der Waals surface area contributed by atoms with Gasteiger partial charge < -0.3 is 5.32 Å². The fourth-order valence-electron chi connectivity index (χ4n) is 3.74. The van der Waals surface area contributed by atoms with E-state index in [4.69, 9.17) is 4.98 Å². The van der Waals surface area contributed by atoms with Crippen molar-refractivity contribution in [1.29, 1.82) is 0 Å². The lowest BCUT2D eigenvalue weighted by Gasteiger charge is -2.13. The van der Waals surface area contributed by atoms with Gasteiger partial charge in [0.15, 0.2) is 5.16 Å². The van der Waals surface area contributed by atoms with Crippen LogP contribution in [0.3, 0.4) is 0 Å². The van der Waals surface area contributed by atoms with Crippen LogP contribution < -0.4 is 10.9 Å². The Bertz CT molecular complexity index is 1090. The maximum Gasteiger partial charge on any atom is 0.262 e. The molecule has 1 unspecified atom stereocenters. The summed E-state index contributed by atoms with van der Waals surface area (Å²) in [6, 6.07) is 10.1. The van der Waals surface area contributed by atoms with E-state index in [0.717, 1.165) is 29.5 Å². The number of rotatable bonds is 6. The van der Waals surface area contributed by atoms with Crippen LogP contribution in [0, 0.1) is 0 Å². The molecular weight excluding hydrogens is 402 g/mol. The maximum absolute atomic E-state index is 12.9. The van der Waals surface area contributed by atoms with Gasteiger partial charge in [-0.05, 0) is 42.7 Å². The van der Waals surface area contributed by atoms with Gasteiger partial charge in [0, 0.05) is 18.5 Å². The number of nitrogens with one attached hydrogen (secondary N) is 1. The van der Waals surface area contributed by atoms with Gasteiger partial charge in [0.05, 0.1) is 11.1 Å². The fourth-order valence-corrected chi connectivity index (χ4v) is 5.85. The Labute approximate surface area is 178 Å². The van der Waals surface area contributed by atoms with E-state index in [9.17, 15) is 9.59 Å². The minimum absolute atomic E-state index is 0.00927. The van der Waals surface area contributed by atoms with Crippen molar-refractivity contribution in [2.75, 3.05) is 12.3 Å². The van der Waals surface area contributed by atoms with Gasteiger partial charge in [-0.3, -0.25) is 14.2 Å². The third-order valence-electron chi connectivity index (χ3n) is 5.46. The van der Waals surface area contributed by atoms with Crippen LogP contribution in [-0.4, -0.2) is 27.8 Å². The number of carbonyl (C=O) groups is 1. The summed E-state index contributed by atoms with van der Waals surface area (Å²) in [5.41, 5.74) is 2.42. The molecule has 0 aliphatic heterocycles. The van der Waals surface area contributed by atoms with E-state index >= 15 is 0 Å². The predicted molar refractivity (Wildman–Crippen MR) is 120 cm³/mol. The molecule has 2 heterocycles. The molecule has 0 fully saturated rings. The monoisotopic (exact) mass is 427 g/mol. The summed E-state index contributed by atoms with van der Waals surface area (Å²) < 4.78 is 1.59. The van der Waals surface area contributed by atoms with Gasteiger partial charge in [0.2, 0.25) is 5.91 Å². The quantitative estimate of drug-likeness (QED) is 0.479. The first-order chi connectivity index (χ1) is 14.0. The van der Waals surface area contributed by atoms with E-state index in [0.29, 0.717) is 11.7 Å². The van der Waals surface area contributed by atoms with Gasteiger partial charge in [-0.2, -0.15) is 0 Å². The van der Waals surface area contributed by atoms with Gasteiger partial charge in [-0.1, -0.05) is 49.0 Å². The SMILES string of the molecule is CC(CNC(=O)CSc1nc2sc3c(c2c(=O)n1C)CCCC3)c1ccccc1. The summed E-state index contributed by atoms with van der Waals surface area (Å²) in [4.78, 5) is 32.1. The van der Waals surface area contributed by atoms with Crippen molar-refractivity contribution in [2.45, 2.75) is 43.7 Å². The molecule has 2 aromatic heterocycles. The number of nitrogens with zero attached hydrogens (tertiary/aromatic N) is 2. The van der Waals surface area contributed by atoms with Crippen LogP contribution in [0.5, 0.6) is 0 Å². The number of aromatic nitrogens is 2. The largest absolute Gasteiger partial charge is 0.355 e. The van der Waals surface area contributed by atoms with Crippen molar-refractivity contribution in [3.05, 3.63) is 56.7 Å². The molecule has 29 heavy (non-hydrogen) atoms. The molecule has 1 atom stereocenters. The number of hydrogen-bond donors (Lipinski definition) is 1. The Balaban J connectivity index is 1.42. The lowest BCUT2D eigenvalue weighted by Crippen LogP contribution is -2.29. The average molecular weight is 428 g/mol. The standard InChI is InChI=1S/C22H25N3O2S2/c1-14(15-8-4-3-5-9-15)12-23-18(26)13-28-22-24-20-19(21(27)25(22)2)16-10-6-7-11-17(16)29-20/h3-5,8-9,14H,6-7,10-13H2,1-2H3,(H,23,26). The molecule has 1 amide bonds. The lowest BCUT2D eigenvalue weighted by atomic mass is 9.97. The van der Waals surface area contributed by atoms with Crippen molar-refractivity contribution >= 4 is 39.2 Å². The number of aryl methyl sites for hydroxylation is 2. The molecule has 1 aliphatic carbocycles. The molecule has 5 nitrogen and oxygen atoms in total. The summed E-state index contributed by atoms with van der Waals surface area (Å²) >= 11 is 2.97. The minimum atomic E-state index is -0.0439. The number of fused-ring (bicyclic) bond motifs is 3. The maximum atomic E-state index is 12.9. The number of benzene rings is 1. The van der Waals surface area contributed by atoms with E-state index < -0.39 is 0 Å². The molecule has 0 saturated heterocycles. The molecule has 7 heteroatoms. The van der Waals surface area contributed by atoms with Gasteiger partial charge in [-0.15, -0.1) is 11.3 Å². The Morgan fingerprint density at radius 1 is 1.28 bits per heavy atom. The minimum Gasteiger partial charge on any atom is -0.355 e. The van der Waals surface area contributed by atoms with Crippen LogP contribution in [0.25, 0.3) is 10.2 Å². The Hall–Kier alpha value is -2.12. The Morgan fingerprint density at radius 3 is 2.83 bits per heavy atom. The first-order valence-electron chi connectivity index (χ1n) is 10.0. The number of carbonyl (C=O) groups excluding carboxylic acids is 1. The molecule has 0 radical (unpaired) electrons. The van der Waals surface area contributed by atoms with Gasteiger partial charge in [-0.25, -0.2) is 4.98 Å². The smallest absolute Gasteiger partial charge is 0.262 e. The normalized spacial score (nSPS) is 14.6. The molecule has 0 saturated carbocycles. The summed E-state index contributed by atoms with van der Waals surface area (Å²) in [6.45, 7) is 2.69. The Kier molecular flexibility index (Phi) is 6.06. The third-order valence-corrected chi connectivity index (χ3v) is 7.68. The second-order valence-electron chi connectivity index (χ2n) is 7.55. The van der Waals surface area contributed by atoms with Crippen LogP contribution in [0.1, 0.15) is 41.7 Å². The van der Waals surface area contributed by atoms with Crippen molar-refractivity contribution in [3.8, 4) is 0 Å². The number of thioether (sulfide) groups is 1. The highest BCUT2D eigenvalue weighted by Gasteiger charge is 2.21. The second-order valence-corrected chi connectivity index (χ2v) is 9.58. The summed E-state index contributed by atoms with van der Waals surface area (Å²) in [6.07, 6.45) is 4.34. The topological polar surface area (TPSA) is 64.0 Å². The van der Waals surface area contributed by atoms with Crippen LogP contribution in [0.15, 0.2) is 40.3 Å². The fraction of sp³-hybridized carbons (Fsp3) is 0.409. The second kappa shape index (κ2) is 8.71. The zero-order valence-corrected chi connectivity index (χ0v) is 18.4. The first-order valence-corrected chi connectivity index (χ1v) is 11.8.